The van der Waals surface area contributed by atoms with Crippen molar-refractivity contribution < 1.29 is 9.46 Å². The van der Waals surface area contributed by atoms with Crippen LogP contribution in [0.2, 0.25) is 0 Å². The molecule has 0 heterocycles. The lowest BCUT2D eigenvalue weighted by atomic mass is 10.6. The van der Waals surface area contributed by atoms with Crippen LogP contribution in [0, 0.1) is 0 Å². The van der Waals surface area contributed by atoms with Crippen LogP contribution in [0.4, 0.5) is 0 Å². The highest BCUT2D eigenvalue weighted by atomic mass is 31.2. The summed E-state index contributed by atoms with van der Waals surface area (Å²) in [5.41, 5.74) is 0. The highest BCUT2D eigenvalue weighted by Gasteiger charge is 2.02. The Morgan fingerprint density at radius 1 is 1.22 bits per heavy atom. The van der Waals surface area contributed by atoms with Crippen LogP contribution in [-0.4, -0.2) is 12.3 Å². The predicted molar refractivity (Wildman–Crippen MR) is 37.9 cm³/mol. The molecule has 0 saturated carbocycles. The van der Waals surface area contributed by atoms with Crippen molar-refractivity contribution >= 4 is 7.37 Å². The van der Waals surface area contributed by atoms with Gasteiger partial charge in [0.05, 0.1) is 0 Å². The van der Waals surface area contributed by atoms with Crippen molar-refractivity contribution in [1.82, 2.24) is 0 Å². The molecule has 0 rings (SSSR count). The maximum absolute atomic E-state index is 10.9. The Morgan fingerprint density at radius 2 is 1.56 bits per heavy atom. The van der Waals surface area contributed by atoms with Crippen LogP contribution in [0.15, 0.2) is 0 Å². The molecule has 0 amide bonds. The van der Waals surface area contributed by atoms with E-state index in [9.17, 15) is 9.46 Å². The second-order valence-corrected chi connectivity index (χ2v) is 4.79. The summed E-state index contributed by atoms with van der Waals surface area (Å²) < 4.78 is 10.9. The third kappa shape index (κ3) is 4.68. The van der Waals surface area contributed by atoms with Crippen LogP contribution in [-0.2, 0) is 4.57 Å². The first kappa shape index (κ1) is 9.19. The maximum atomic E-state index is 10.9. The second-order valence-electron chi connectivity index (χ2n) is 2.26. The molecule has 0 aliphatic heterocycles. The Bertz CT molecular complexity index is 102. The van der Waals surface area contributed by atoms with Crippen LogP contribution in [0.3, 0.4) is 0 Å². The van der Waals surface area contributed by atoms with Gasteiger partial charge >= 0.3 is 0 Å². The first-order valence-electron chi connectivity index (χ1n) is 3.41. The molecule has 0 aromatic rings. The van der Waals surface area contributed by atoms with E-state index < -0.39 is 7.37 Å². The van der Waals surface area contributed by atoms with Crippen molar-refractivity contribution in [3.8, 4) is 0 Å². The minimum Gasteiger partial charge on any atom is -0.799 e. The largest absolute Gasteiger partial charge is 0.799 e. The van der Waals surface area contributed by atoms with Gasteiger partial charge in [0.1, 0.15) is 0 Å². The zero-order valence-electron chi connectivity index (χ0n) is 6.09. The SMILES string of the molecule is CCCP(=O)([O-])CCC. The van der Waals surface area contributed by atoms with Crippen molar-refractivity contribution in [1.29, 1.82) is 0 Å². The first-order valence-corrected chi connectivity index (χ1v) is 5.41. The van der Waals surface area contributed by atoms with Gasteiger partial charge in [-0.15, -0.1) is 0 Å². The van der Waals surface area contributed by atoms with Gasteiger partial charge in [-0.25, -0.2) is 0 Å². The number of rotatable bonds is 4. The van der Waals surface area contributed by atoms with Gasteiger partial charge < -0.3 is 9.46 Å². The van der Waals surface area contributed by atoms with Gasteiger partial charge in [0.2, 0.25) is 0 Å². The molecule has 0 aromatic carbocycles. The summed E-state index contributed by atoms with van der Waals surface area (Å²) in [6, 6.07) is 0. The van der Waals surface area contributed by atoms with E-state index >= 15 is 0 Å². The molecule has 0 saturated heterocycles. The molecule has 0 atom stereocenters. The normalized spacial score (nSPS) is 11.9. The van der Waals surface area contributed by atoms with Crippen molar-refractivity contribution in [2.45, 2.75) is 26.7 Å². The molecule has 0 aliphatic rings. The smallest absolute Gasteiger partial charge is 0.0147 e. The summed E-state index contributed by atoms with van der Waals surface area (Å²) in [7, 11) is -2.94. The molecular formula is C6H14O2P-. The average molecular weight is 149 g/mol. The van der Waals surface area contributed by atoms with Crippen molar-refractivity contribution in [2.75, 3.05) is 12.3 Å². The molecule has 0 radical (unpaired) electrons. The molecule has 56 valence electrons. The van der Waals surface area contributed by atoms with E-state index in [0.717, 1.165) is 12.8 Å². The Hall–Kier alpha value is 0.190. The highest BCUT2D eigenvalue weighted by molar-refractivity contribution is 7.56. The number of hydrogen-bond donors (Lipinski definition) is 0. The average Bonchev–Trinajstić information content (AvgIpc) is 1.64. The van der Waals surface area contributed by atoms with Crippen molar-refractivity contribution in [2.24, 2.45) is 0 Å². The van der Waals surface area contributed by atoms with Crippen LogP contribution in [0.1, 0.15) is 26.7 Å². The van der Waals surface area contributed by atoms with Crippen LogP contribution in [0.5, 0.6) is 0 Å². The van der Waals surface area contributed by atoms with Crippen molar-refractivity contribution in [3.05, 3.63) is 0 Å². The van der Waals surface area contributed by atoms with E-state index in [1.807, 2.05) is 13.8 Å². The summed E-state index contributed by atoms with van der Waals surface area (Å²) in [4.78, 5) is 10.9. The van der Waals surface area contributed by atoms with Gasteiger partial charge in [0.15, 0.2) is 0 Å². The predicted octanol–water partition coefficient (Wildman–Crippen LogP) is 1.44. The molecule has 0 fully saturated rings. The molecule has 0 aromatic heterocycles. The third-order valence-electron chi connectivity index (χ3n) is 1.13. The molecule has 0 N–H and O–H groups in total. The van der Waals surface area contributed by atoms with Gasteiger partial charge in [-0.2, -0.15) is 0 Å². The quantitative estimate of drug-likeness (QED) is 0.567. The zero-order chi connectivity index (χ0) is 7.33. The van der Waals surface area contributed by atoms with E-state index in [1.165, 1.54) is 0 Å². The summed E-state index contributed by atoms with van der Waals surface area (Å²) in [6.45, 7) is 3.78. The molecule has 3 heteroatoms. The fourth-order valence-corrected chi connectivity index (χ4v) is 2.38. The van der Waals surface area contributed by atoms with Crippen molar-refractivity contribution in [3.63, 3.8) is 0 Å². The van der Waals surface area contributed by atoms with E-state index in [1.54, 1.807) is 0 Å². The molecule has 0 spiro atoms. The topological polar surface area (TPSA) is 40.1 Å². The monoisotopic (exact) mass is 149 g/mol. The summed E-state index contributed by atoms with van der Waals surface area (Å²) >= 11 is 0. The van der Waals surface area contributed by atoms with E-state index in [0.29, 0.717) is 12.3 Å². The zero-order valence-corrected chi connectivity index (χ0v) is 6.99. The van der Waals surface area contributed by atoms with Gasteiger partial charge in [-0.05, 0) is 12.3 Å². The van der Waals surface area contributed by atoms with E-state index in [2.05, 4.69) is 0 Å². The summed E-state index contributed by atoms with van der Waals surface area (Å²) in [6.07, 6.45) is 2.25. The standard InChI is InChI=1S/C6H15O2P/c1-3-5-9(7,8)6-4-2/h3-6H2,1-2H3,(H,7,8)/p-1. The Morgan fingerprint density at radius 3 is 1.78 bits per heavy atom. The summed E-state index contributed by atoms with van der Waals surface area (Å²) in [5.74, 6) is 0. The number of hydrogen-bond acceptors (Lipinski definition) is 2. The maximum Gasteiger partial charge on any atom is 0.0147 e. The molecule has 0 aliphatic carbocycles. The second kappa shape index (κ2) is 4.08. The molecule has 9 heavy (non-hydrogen) atoms. The van der Waals surface area contributed by atoms with Crippen LogP contribution >= 0.6 is 7.37 Å². The Kier molecular flexibility index (Phi) is 4.16. The lowest BCUT2D eigenvalue weighted by Crippen LogP contribution is -2.07. The van der Waals surface area contributed by atoms with Crippen LogP contribution < -0.4 is 4.89 Å². The van der Waals surface area contributed by atoms with Gasteiger partial charge in [-0.1, -0.05) is 26.7 Å². The fraction of sp³-hybridized carbons (Fsp3) is 1.00. The Balaban J connectivity index is 3.58. The Labute approximate surface area is 56.7 Å². The van der Waals surface area contributed by atoms with Crippen LogP contribution in [0.25, 0.3) is 0 Å². The fourth-order valence-electron chi connectivity index (χ4n) is 0.793. The minimum absolute atomic E-state index is 0.376. The van der Waals surface area contributed by atoms with Gasteiger partial charge in [0, 0.05) is 7.37 Å². The minimum atomic E-state index is -2.94. The van der Waals surface area contributed by atoms with E-state index in [-0.39, 0.29) is 0 Å². The molecule has 0 unspecified atom stereocenters. The lowest BCUT2D eigenvalue weighted by molar-refractivity contribution is -0.175. The molecule has 0 bridgehead atoms. The molecular weight excluding hydrogens is 135 g/mol. The summed E-state index contributed by atoms with van der Waals surface area (Å²) in [5, 5.41) is 0. The van der Waals surface area contributed by atoms with E-state index in [4.69, 9.17) is 0 Å². The van der Waals surface area contributed by atoms with Gasteiger partial charge in [0.25, 0.3) is 0 Å². The van der Waals surface area contributed by atoms with Gasteiger partial charge in [-0.3, -0.25) is 0 Å². The lowest BCUT2D eigenvalue weighted by Gasteiger charge is -2.21. The highest BCUT2D eigenvalue weighted by Crippen LogP contribution is 2.36. The first-order chi connectivity index (χ1) is 4.12. The third-order valence-corrected chi connectivity index (χ3v) is 3.39. The molecule has 2 nitrogen and oxygen atoms in total.